The standard InChI is InChI=1S/C13H14N2O2/c1-9(6-13(16)17-3)11-4-5-12-14-7-10(2)15(12)8-11/h4-8H,1-3H3/b9-6+. The molecule has 4 heteroatoms. The van der Waals surface area contributed by atoms with Crippen LogP contribution in [0.15, 0.2) is 30.6 Å². The van der Waals surface area contributed by atoms with Crippen molar-refractivity contribution in [3.8, 4) is 0 Å². The number of nitrogens with zero attached hydrogens (tertiary/aromatic N) is 2. The minimum atomic E-state index is -0.343. The molecule has 0 amide bonds. The summed E-state index contributed by atoms with van der Waals surface area (Å²) < 4.78 is 6.59. The number of rotatable bonds is 2. The number of esters is 1. The molecule has 0 radical (unpaired) electrons. The van der Waals surface area contributed by atoms with Gasteiger partial charge < -0.3 is 9.14 Å². The molecule has 0 aliphatic heterocycles. The SMILES string of the molecule is COC(=O)/C=C(\C)c1ccc2ncc(C)n2c1. The van der Waals surface area contributed by atoms with Crippen molar-refractivity contribution in [1.82, 2.24) is 9.38 Å². The number of ether oxygens (including phenoxy) is 1. The lowest BCUT2D eigenvalue weighted by molar-refractivity contribution is -0.134. The number of imidazole rings is 1. The molecule has 0 N–H and O–H groups in total. The van der Waals surface area contributed by atoms with Gasteiger partial charge in [-0.3, -0.25) is 0 Å². The third kappa shape index (κ3) is 2.20. The monoisotopic (exact) mass is 230 g/mol. The van der Waals surface area contributed by atoms with Crippen molar-refractivity contribution < 1.29 is 9.53 Å². The lowest BCUT2D eigenvalue weighted by atomic mass is 10.1. The predicted molar refractivity (Wildman–Crippen MR) is 65.6 cm³/mol. The van der Waals surface area contributed by atoms with Gasteiger partial charge in [0.15, 0.2) is 0 Å². The molecule has 2 rings (SSSR count). The van der Waals surface area contributed by atoms with E-state index in [0.29, 0.717) is 0 Å². The van der Waals surface area contributed by atoms with Gasteiger partial charge in [0.25, 0.3) is 0 Å². The maximum atomic E-state index is 11.2. The number of carbonyl (C=O) groups is 1. The first kappa shape index (κ1) is 11.4. The summed E-state index contributed by atoms with van der Waals surface area (Å²) >= 11 is 0. The molecule has 0 fully saturated rings. The van der Waals surface area contributed by atoms with Gasteiger partial charge in [0.2, 0.25) is 0 Å². The van der Waals surface area contributed by atoms with Crippen molar-refractivity contribution in [2.24, 2.45) is 0 Å². The fourth-order valence-electron chi connectivity index (χ4n) is 1.65. The van der Waals surface area contributed by atoms with E-state index >= 15 is 0 Å². The number of hydrogen-bond donors (Lipinski definition) is 0. The van der Waals surface area contributed by atoms with Crippen LogP contribution in [0, 0.1) is 6.92 Å². The van der Waals surface area contributed by atoms with Crippen molar-refractivity contribution in [1.29, 1.82) is 0 Å². The molecule has 0 bridgehead atoms. The molecule has 0 atom stereocenters. The van der Waals surface area contributed by atoms with Crippen LogP contribution >= 0.6 is 0 Å². The van der Waals surface area contributed by atoms with Crippen molar-refractivity contribution >= 4 is 17.2 Å². The zero-order valence-electron chi connectivity index (χ0n) is 10.1. The Morgan fingerprint density at radius 1 is 1.47 bits per heavy atom. The molecule has 17 heavy (non-hydrogen) atoms. The molecular weight excluding hydrogens is 216 g/mol. The highest BCUT2D eigenvalue weighted by atomic mass is 16.5. The largest absolute Gasteiger partial charge is 0.466 e. The maximum absolute atomic E-state index is 11.2. The second-order valence-corrected chi connectivity index (χ2v) is 3.90. The second-order valence-electron chi connectivity index (χ2n) is 3.90. The number of aromatic nitrogens is 2. The number of carbonyl (C=O) groups excluding carboxylic acids is 1. The van der Waals surface area contributed by atoms with E-state index in [1.54, 1.807) is 0 Å². The minimum Gasteiger partial charge on any atom is -0.466 e. The lowest BCUT2D eigenvalue weighted by Gasteiger charge is -2.03. The summed E-state index contributed by atoms with van der Waals surface area (Å²) in [5.41, 5.74) is 3.81. The van der Waals surface area contributed by atoms with Crippen LogP contribution < -0.4 is 0 Å². The van der Waals surface area contributed by atoms with Crippen molar-refractivity contribution in [2.45, 2.75) is 13.8 Å². The normalized spacial score (nSPS) is 11.8. The van der Waals surface area contributed by atoms with Gasteiger partial charge in [0.1, 0.15) is 5.65 Å². The summed E-state index contributed by atoms with van der Waals surface area (Å²) in [4.78, 5) is 15.4. The van der Waals surface area contributed by atoms with Gasteiger partial charge in [-0.15, -0.1) is 0 Å². The molecule has 0 saturated carbocycles. The van der Waals surface area contributed by atoms with E-state index in [1.807, 2.05) is 42.8 Å². The summed E-state index contributed by atoms with van der Waals surface area (Å²) in [7, 11) is 1.37. The van der Waals surface area contributed by atoms with E-state index in [9.17, 15) is 4.79 Å². The number of hydrogen-bond acceptors (Lipinski definition) is 3. The quantitative estimate of drug-likeness (QED) is 0.587. The lowest BCUT2D eigenvalue weighted by Crippen LogP contribution is -1.97. The van der Waals surface area contributed by atoms with Gasteiger partial charge in [-0.1, -0.05) is 0 Å². The third-order valence-electron chi connectivity index (χ3n) is 2.68. The smallest absolute Gasteiger partial charge is 0.330 e. The number of aryl methyl sites for hydroxylation is 1. The van der Waals surface area contributed by atoms with E-state index in [0.717, 1.165) is 22.5 Å². The topological polar surface area (TPSA) is 43.6 Å². The zero-order valence-corrected chi connectivity index (χ0v) is 10.1. The highest BCUT2D eigenvalue weighted by Crippen LogP contribution is 2.16. The Balaban J connectivity index is 2.45. The Bertz CT molecular complexity index is 596. The van der Waals surface area contributed by atoms with E-state index in [2.05, 4.69) is 9.72 Å². The summed E-state index contributed by atoms with van der Waals surface area (Å²) in [6.07, 6.45) is 5.26. The maximum Gasteiger partial charge on any atom is 0.330 e. The molecule has 0 saturated heterocycles. The van der Waals surface area contributed by atoms with Crippen LogP contribution in [0.5, 0.6) is 0 Å². The van der Waals surface area contributed by atoms with Crippen LogP contribution in [-0.2, 0) is 9.53 Å². The minimum absolute atomic E-state index is 0.343. The molecule has 0 unspecified atom stereocenters. The molecular formula is C13H14N2O2. The average molecular weight is 230 g/mol. The summed E-state index contributed by atoms with van der Waals surface area (Å²) in [6.45, 7) is 3.87. The van der Waals surface area contributed by atoms with Crippen molar-refractivity contribution in [3.63, 3.8) is 0 Å². The van der Waals surface area contributed by atoms with Crippen LogP contribution in [0.1, 0.15) is 18.2 Å². The Labute approximate surface area is 99.5 Å². The van der Waals surface area contributed by atoms with Crippen LogP contribution in [0.25, 0.3) is 11.2 Å². The van der Waals surface area contributed by atoms with E-state index in [4.69, 9.17) is 0 Å². The Morgan fingerprint density at radius 3 is 2.94 bits per heavy atom. The van der Waals surface area contributed by atoms with E-state index < -0.39 is 0 Å². The van der Waals surface area contributed by atoms with Crippen molar-refractivity contribution in [3.05, 3.63) is 41.9 Å². The molecule has 4 nitrogen and oxygen atoms in total. The fraction of sp³-hybridized carbons (Fsp3) is 0.231. The van der Waals surface area contributed by atoms with Gasteiger partial charge in [0.05, 0.1) is 7.11 Å². The molecule has 0 aliphatic rings. The molecule has 0 aliphatic carbocycles. The Hall–Kier alpha value is -2.10. The summed E-state index contributed by atoms with van der Waals surface area (Å²) in [5, 5.41) is 0. The number of pyridine rings is 1. The van der Waals surface area contributed by atoms with Crippen LogP contribution in [0.3, 0.4) is 0 Å². The third-order valence-corrected chi connectivity index (χ3v) is 2.68. The first-order valence-corrected chi connectivity index (χ1v) is 5.32. The average Bonchev–Trinajstić information content (AvgIpc) is 2.70. The van der Waals surface area contributed by atoms with Gasteiger partial charge in [-0.25, -0.2) is 9.78 Å². The first-order chi connectivity index (χ1) is 8.11. The van der Waals surface area contributed by atoms with Gasteiger partial charge >= 0.3 is 5.97 Å². The Morgan fingerprint density at radius 2 is 2.24 bits per heavy atom. The first-order valence-electron chi connectivity index (χ1n) is 5.32. The molecule has 0 aromatic carbocycles. The second kappa shape index (κ2) is 4.41. The van der Waals surface area contributed by atoms with Gasteiger partial charge in [-0.05, 0) is 37.1 Å². The van der Waals surface area contributed by atoms with Crippen molar-refractivity contribution in [2.75, 3.05) is 7.11 Å². The number of fused-ring (bicyclic) bond motifs is 1. The van der Waals surface area contributed by atoms with Crippen LogP contribution in [0.4, 0.5) is 0 Å². The fourth-order valence-corrected chi connectivity index (χ4v) is 1.65. The highest BCUT2D eigenvalue weighted by molar-refractivity contribution is 5.90. The molecule has 2 heterocycles. The van der Waals surface area contributed by atoms with Gasteiger partial charge in [-0.2, -0.15) is 0 Å². The molecule has 2 aromatic heterocycles. The predicted octanol–water partition coefficient (Wildman–Crippen LogP) is 2.22. The van der Waals surface area contributed by atoms with E-state index in [-0.39, 0.29) is 5.97 Å². The molecule has 0 spiro atoms. The van der Waals surface area contributed by atoms with Crippen LogP contribution in [-0.4, -0.2) is 22.5 Å². The van der Waals surface area contributed by atoms with Gasteiger partial charge in [0, 0.05) is 24.2 Å². The molecule has 88 valence electrons. The molecule has 2 aromatic rings. The van der Waals surface area contributed by atoms with Crippen LogP contribution in [0.2, 0.25) is 0 Å². The summed E-state index contributed by atoms with van der Waals surface area (Å²) in [5.74, 6) is -0.343. The highest BCUT2D eigenvalue weighted by Gasteiger charge is 2.03. The van der Waals surface area contributed by atoms with E-state index in [1.165, 1.54) is 13.2 Å². The number of allylic oxidation sites excluding steroid dienone is 1. The number of methoxy groups -OCH3 is 1. The zero-order chi connectivity index (χ0) is 12.4. The Kier molecular flexibility index (Phi) is 2.95. The summed E-state index contributed by atoms with van der Waals surface area (Å²) in [6, 6.07) is 3.87.